The minimum atomic E-state index is -0.237. The minimum Gasteiger partial charge on any atom is -0.336 e. The van der Waals surface area contributed by atoms with E-state index in [1.165, 1.54) is 17.4 Å². The number of thiazole rings is 1. The summed E-state index contributed by atoms with van der Waals surface area (Å²) in [7, 11) is 0. The smallest absolute Gasteiger partial charge is 0.321 e. The normalized spacial score (nSPS) is 14.3. The number of rotatable bonds is 4. The number of amides is 3. The quantitative estimate of drug-likeness (QED) is 0.847. The van der Waals surface area contributed by atoms with Gasteiger partial charge < -0.3 is 10.6 Å². The number of hydrogen-bond acceptors (Lipinski definition) is 4. The Hall–Kier alpha value is -2.67. The summed E-state index contributed by atoms with van der Waals surface area (Å²) in [6.45, 7) is 3.17. The van der Waals surface area contributed by atoms with E-state index in [0.717, 1.165) is 16.4 Å². The lowest BCUT2D eigenvalue weighted by Crippen LogP contribution is -2.27. The van der Waals surface area contributed by atoms with Gasteiger partial charge in [-0.15, -0.1) is 11.3 Å². The van der Waals surface area contributed by atoms with Crippen LogP contribution in [0.1, 0.15) is 10.7 Å². The zero-order chi connectivity index (χ0) is 16.2. The Morgan fingerprint density at radius 3 is 3.04 bits per heavy atom. The molecule has 3 amide bonds. The molecule has 23 heavy (non-hydrogen) atoms. The van der Waals surface area contributed by atoms with Gasteiger partial charge in [-0.25, -0.2) is 9.78 Å². The molecule has 118 valence electrons. The number of aryl methyl sites for hydroxylation is 1. The van der Waals surface area contributed by atoms with Gasteiger partial charge in [0.05, 0.1) is 10.7 Å². The first-order valence-electron chi connectivity index (χ1n) is 7.18. The first-order chi connectivity index (χ1) is 11.1. The monoisotopic (exact) mass is 328 g/mol. The Labute approximate surface area is 137 Å². The molecule has 7 heteroatoms. The highest BCUT2D eigenvalue weighted by molar-refractivity contribution is 7.09. The van der Waals surface area contributed by atoms with E-state index in [-0.39, 0.29) is 11.9 Å². The first kappa shape index (κ1) is 15.2. The van der Waals surface area contributed by atoms with Crippen LogP contribution in [-0.2, 0) is 4.79 Å². The maximum Gasteiger partial charge on any atom is 0.321 e. The number of aromatic nitrogens is 1. The van der Waals surface area contributed by atoms with Gasteiger partial charge in [0.15, 0.2) is 0 Å². The Kier molecular flexibility index (Phi) is 4.38. The molecule has 0 bridgehead atoms. The topological polar surface area (TPSA) is 74.3 Å². The van der Waals surface area contributed by atoms with Crippen molar-refractivity contribution in [1.82, 2.24) is 10.3 Å². The highest BCUT2D eigenvalue weighted by Crippen LogP contribution is 2.21. The highest BCUT2D eigenvalue weighted by Gasteiger charge is 2.21. The summed E-state index contributed by atoms with van der Waals surface area (Å²) in [5.74, 6) is -0.237. The second kappa shape index (κ2) is 6.62. The van der Waals surface area contributed by atoms with Crippen LogP contribution in [0.15, 0.2) is 35.7 Å². The SMILES string of the molecule is Cc1nc(/C=C/C(=O)Nc2cccc(N3CCNC3=O)c2)cs1. The second-order valence-electron chi connectivity index (χ2n) is 5.05. The van der Waals surface area contributed by atoms with Gasteiger partial charge in [-0.05, 0) is 31.2 Å². The number of hydrogen-bond donors (Lipinski definition) is 2. The average molecular weight is 328 g/mol. The molecule has 1 aromatic heterocycles. The first-order valence-corrected chi connectivity index (χ1v) is 8.06. The molecule has 2 aromatic rings. The molecule has 1 aliphatic heterocycles. The van der Waals surface area contributed by atoms with Crippen molar-refractivity contribution in [2.24, 2.45) is 0 Å². The second-order valence-corrected chi connectivity index (χ2v) is 6.11. The molecule has 0 atom stereocenters. The molecule has 0 unspecified atom stereocenters. The van der Waals surface area contributed by atoms with Crippen LogP contribution in [0.5, 0.6) is 0 Å². The van der Waals surface area contributed by atoms with Gasteiger partial charge in [0, 0.05) is 35.9 Å². The van der Waals surface area contributed by atoms with Gasteiger partial charge in [0.2, 0.25) is 5.91 Å². The Morgan fingerprint density at radius 2 is 2.35 bits per heavy atom. The van der Waals surface area contributed by atoms with E-state index in [2.05, 4.69) is 15.6 Å². The number of urea groups is 1. The molecule has 0 radical (unpaired) electrons. The molecular weight excluding hydrogens is 312 g/mol. The maximum absolute atomic E-state index is 12.0. The number of anilines is 2. The van der Waals surface area contributed by atoms with Gasteiger partial charge in [0.25, 0.3) is 0 Å². The van der Waals surface area contributed by atoms with Crippen LogP contribution in [-0.4, -0.2) is 30.0 Å². The largest absolute Gasteiger partial charge is 0.336 e. The van der Waals surface area contributed by atoms with Crippen molar-refractivity contribution in [1.29, 1.82) is 0 Å². The molecule has 1 saturated heterocycles. The van der Waals surface area contributed by atoms with Gasteiger partial charge in [0.1, 0.15) is 0 Å². The molecule has 0 spiro atoms. The van der Waals surface area contributed by atoms with Gasteiger partial charge in [-0.3, -0.25) is 9.69 Å². The molecule has 1 aromatic carbocycles. The van der Waals surface area contributed by atoms with Crippen LogP contribution in [0.2, 0.25) is 0 Å². The zero-order valence-corrected chi connectivity index (χ0v) is 13.4. The summed E-state index contributed by atoms with van der Waals surface area (Å²) in [4.78, 5) is 29.6. The van der Waals surface area contributed by atoms with Crippen LogP contribution in [0.25, 0.3) is 6.08 Å². The third-order valence-corrected chi connectivity index (χ3v) is 4.12. The number of nitrogens with zero attached hydrogens (tertiary/aromatic N) is 2. The molecule has 1 fully saturated rings. The predicted molar refractivity (Wildman–Crippen MR) is 91.7 cm³/mol. The third-order valence-electron chi connectivity index (χ3n) is 3.32. The summed E-state index contributed by atoms with van der Waals surface area (Å²) < 4.78 is 0. The Balaban J connectivity index is 1.66. The van der Waals surface area contributed by atoms with Crippen LogP contribution in [0, 0.1) is 6.92 Å². The lowest BCUT2D eigenvalue weighted by Gasteiger charge is -2.15. The summed E-state index contributed by atoms with van der Waals surface area (Å²) in [6.07, 6.45) is 3.13. The molecule has 1 aliphatic rings. The van der Waals surface area contributed by atoms with E-state index in [1.807, 2.05) is 24.4 Å². The molecule has 2 N–H and O–H groups in total. The van der Waals surface area contributed by atoms with Gasteiger partial charge in [-0.2, -0.15) is 0 Å². The third kappa shape index (κ3) is 3.75. The number of carbonyl (C=O) groups is 2. The fourth-order valence-corrected chi connectivity index (χ4v) is 2.85. The van der Waals surface area contributed by atoms with E-state index >= 15 is 0 Å². The van der Waals surface area contributed by atoms with Crippen molar-refractivity contribution in [2.75, 3.05) is 23.3 Å². The van der Waals surface area contributed by atoms with Crippen molar-refractivity contribution < 1.29 is 9.59 Å². The maximum atomic E-state index is 12.0. The van der Waals surface area contributed by atoms with Crippen LogP contribution < -0.4 is 15.5 Å². The summed E-state index contributed by atoms with van der Waals surface area (Å²) >= 11 is 1.54. The molecule has 6 nitrogen and oxygen atoms in total. The number of nitrogens with one attached hydrogen (secondary N) is 2. The standard InChI is InChI=1S/C16H16N4O2S/c1-11-18-13(10-23-11)5-6-15(21)19-12-3-2-4-14(9-12)20-8-7-17-16(20)22/h2-6,9-10H,7-8H2,1H3,(H,17,22)(H,19,21)/b6-5+. The highest BCUT2D eigenvalue weighted by atomic mass is 32.1. The van der Waals surface area contributed by atoms with E-state index in [9.17, 15) is 9.59 Å². The lowest BCUT2D eigenvalue weighted by molar-refractivity contribution is -0.111. The number of carbonyl (C=O) groups excluding carboxylic acids is 2. The van der Waals surface area contributed by atoms with E-state index in [0.29, 0.717) is 18.8 Å². The Bertz CT molecular complexity index is 769. The van der Waals surface area contributed by atoms with Crippen LogP contribution >= 0.6 is 11.3 Å². The summed E-state index contributed by atoms with van der Waals surface area (Å²) in [5, 5.41) is 8.39. The molecule has 2 heterocycles. The fourth-order valence-electron chi connectivity index (χ4n) is 2.27. The number of benzene rings is 1. The molecule has 3 rings (SSSR count). The molecular formula is C16H16N4O2S. The zero-order valence-electron chi connectivity index (χ0n) is 12.6. The van der Waals surface area contributed by atoms with E-state index in [1.54, 1.807) is 23.1 Å². The summed E-state index contributed by atoms with van der Waals surface area (Å²) in [6, 6.07) is 7.10. The predicted octanol–water partition coefficient (Wildman–Crippen LogP) is 2.63. The van der Waals surface area contributed by atoms with Crippen LogP contribution in [0.4, 0.5) is 16.2 Å². The summed E-state index contributed by atoms with van der Waals surface area (Å²) in [5.41, 5.74) is 2.17. The van der Waals surface area contributed by atoms with Crippen molar-refractivity contribution >= 4 is 40.7 Å². The van der Waals surface area contributed by atoms with Gasteiger partial charge >= 0.3 is 6.03 Å². The molecule has 0 saturated carbocycles. The van der Waals surface area contributed by atoms with E-state index < -0.39 is 0 Å². The van der Waals surface area contributed by atoms with Gasteiger partial charge in [-0.1, -0.05) is 6.07 Å². The lowest BCUT2D eigenvalue weighted by atomic mass is 10.2. The molecule has 0 aliphatic carbocycles. The average Bonchev–Trinajstić information content (AvgIpc) is 3.14. The van der Waals surface area contributed by atoms with Crippen molar-refractivity contribution in [3.05, 3.63) is 46.4 Å². The van der Waals surface area contributed by atoms with Crippen LogP contribution in [0.3, 0.4) is 0 Å². The minimum absolute atomic E-state index is 0.118. The fraction of sp³-hybridized carbons (Fsp3) is 0.188. The van der Waals surface area contributed by atoms with Crippen molar-refractivity contribution in [2.45, 2.75) is 6.92 Å². The van der Waals surface area contributed by atoms with Crippen molar-refractivity contribution in [3.8, 4) is 0 Å². The Morgan fingerprint density at radius 1 is 1.48 bits per heavy atom. The van der Waals surface area contributed by atoms with Crippen molar-refractivity contribution in [3.63, 3.8) is 0 Å². The van der Waals surface area contributed by atoms with E-state index in [4.69, 9.17) is 0 Å².